The van der Waals surface area contributed by atoms with Gasteiger partial charge in [0.1, 0.15) is 0 Å². The maximum atomic E-state index is 12.4. The van der Waals surface area contributed by atoms with Gasteiger partial charge in [-0.15, -0.1) is 0 Å². The Bertz CT molecular complexity index is 1210. The summed E-state index contributed by atoms with van der Waals surface area (Å²) in [7, 11) is -1.80. The highest BCUT2D eigenvalue weighted by atomic mass is 32.2. The highest BCUT2D eigenvalue weighted by molar-refractivity contribution is 7.90. The second kappa shape index (κ2) is 7.00. The second-order valence-electron chi connectivity index (χ2n) is 6.39. The summed E-state index contributed by atoms with van der Waals surface area (Å²) < 4.78 is 25.6. The maximum Gasteiger partial charge on any atom is 0.258 e. The molecule has 1 aromatic heterocycles. The van der Waals surface area contributed by atoms with Gasteiger partial charge in [0.25, 0.3) is 5.56 Å². The lowest BCUT2D eigenvalue weighted by Gasteiger charge is -2.15. The Kier molecular flexibility index (Phi) is 4.89. The lowest BCUT2D eigenvalue weighted by Crippen LogP contribution is -2.17. The molecule has 6 nitrogen and oxygen atoms in total. The van der Waals surface area contributed by atoms with Crippen molar-refractivity contribution in [1.82, 2.24) is 4.57 Å². The Morgan fingerprint density at radius 3 is 2.37 bits per heavy atom. The van der Waals surface area contributed by atoms with Crippen LogP contribution in [-0.4, -0.2) is 25.1 Å². The van der Waals surface area contributed by atoms with E-state index in [1.54, 1.807) is 38.4 Å². The summed E-state index contributed by atoms with van der Waals surface area (Å²) in [6, 6.07) is 11.7. The summed E-state index contributed by atoms with van der Waals surface area (Å²) in [6.45, 7) is 1.74. The Balaban J connectivity index is 2.38. The fourth-order valence-electron chi connectivity index (χ4n) is 2.96. The molecule has 7 heteroatoms. The van der Waals surface area contributed by atoms with Crippen molar-refractivity contribution in [1.29, 1.82) is 0 Å². The molecular weight excluding hydrogens is 364 g/mol. The van der Waals surface area contributed by atoms with Gasteiger partial charge in [-0.25, -0.2) is 8.42 Å². The zero-order chi connectivity index (χ0) is 19.8. The monoisotopic (exact) mass is 384 g/mol. The summed E-state index contributed by atoms with van der Waals surface area (Å²) in [6.07, 6.45) is 3.09. The van der Waals surface area contributed by atoms with Crippen molar-refractivity contribution in [3.63, 3.8) is 0 Å². The van der Waals surface area contributed by atoms with Gasteiger partial charge in [0.2, 0.25) is 5.91 Å². The Labute approximate surface area is 157 Å². The van der Waals surface area contributed by atoms with Crippen molar-refractivity contribution in [3.05, 3.63) is 59.0 Å². The molecule has 0 aliphatic heterocycles. The number of carbonyl (C=O) groups excluding carboxylic acids is 1. The number of pyridine rings is 1. The van der Waals surface area contributed by atoms with E-state index in [9.17, 15) is 18.0 Å². The number of sulfone groups is 1. The number of fused-ring (bicyclic) bond motifs is 1. The largest absolute Gasteiger partial charge is 0.326 e. The standard InChI is InChI=1S/C20H20N2O4S/c1-4-19(23)21-18-10-9-13(27(3,25)26)11-16(18)17-12-22(2)20(24)15-8-6-5-7-14(15)17/h5-12H,4H2,1-3H3,(H,21,23). The van der Waals surface area contributed by atoms with E-state index in [-0.39, 0.29) is 16.4 Å². The number of aromatic nitrogens is 1. The van der Waals surface area contributed by atoms with Crippen LogP contribution in [0.5, 0.6) is 0 Å². The van der Waals surface area contributed by atoms with E-state index in [0.29, 0.717) is 34.0 Å². The van der Waals surface area contributed by atoms with Crippen LogP contribution in [0.15, 0.2) is 58.4 Å². The van der Waals surface area contributed by atoms with Gasteiger partial charge >= 0.3 is 0 Å². The summed E-state index contributed by atoms with van der Waals surface area (Å²) in [5.41, 5.74) is 1.57. The molecule has 0 atom stereocenters. The third kappa shape index (κ3) is 3.64. The first-order valence-electron chi connectivity index (χ1n) is 8.45. The smallest absolute Gasteiger partial charge is 0.258 e. The number of nitrogens with zero attached hydrogens (tertiary/aromatic N) is 1. The summed E-state index contributed by atoms with van der Waals surface area (Å²) in [5.74, 6) is -0.183. The third-order valence-corrected chi connectivity index (χ3v) is 5.51. The lowest BCUT2D eigenvalue weighted by molar-refractivity contribution is -0.115. The number of amides is 1. The topological polar surface area (TPSA) is 85.2 Å². The van der Waals surface area contributed by atoms with Crippen molar-refractivity contribution >= 4 is 32.2 Å². The first kappa shape index (κ1) is 18.8. The van der Waals surface area contributed by atoms with E-state index in [2.05, 4.69) is 5.32 Å². The van der Waals surface area contributed by atoms with Crippen LogP contribution in [0.4, 0.5) is 5.69 Å². The van der Waals surface area contributed by atoms with Crippen LogP contribution in [0.3, 0.4) is 0 Å². The number of carbonyl (C=O) groups is 1. The molecule has 0 aliphatic rings. The summed E-state index contributed by atoms with van der Waals surface area (Å²) in [5, 5.41) is 4.03. The highest BCUT2D eigenvalue weighted by Crippen LogP contribution is 2.34. The average molecular weight is 384 g/mol. The van der Waals surface area contributed by atoms with Gasteiger partial charge in [-0.1, -0.05) is 25.1 Å². The number of hydrogen-bond acceptors (Lipinski definition) is 4. The minimum atomic E-state index is -3.44. The summed E-state index contributed by atoms with van der Waals surface area (Å²) in [4.78, 5) is 24.5. The predicted octanol–water partition coefficient (Wildman–Crippen LogP) is 2.96. The van der Waals surface area contributed by atoms with Gasteiger partial charge < -0.3 is 9.88 Å². The van der Waals surface area contributed by atoms with Crippen molar-refractivity contribution in [3.8, 4) is 11.1 Å². The maximum absolute atomic E-state index is 12.4. The van der Waals surface area contributed by atoms with Gasteiger partial charge in [0, 0.05) is 48.1 Å². The van der Waals surface area contributed by atoms with E-state index in [4.69, 9.17) is 0 Å². The van der Waals surface area contributed by atoms with Crippen molar-refractivity contribution in [2.24, 2.45) is 7.05 Å². The number of aryl methyl sites for hydroxylation is 1. The van der Waals surface area contributed by atoms with E-state index in [1.807, 2.05) is 12.1 Å². The fraction of sp³-hybridized carbons (Fsp3) is 0.200. The van der Waals surface area contributed by atoms with Crippen molar-refractivity contribution in [2.45, 2.75) is 18.2 Å². The predicted molar refractivity (Wildman–Crippen MR) is 107 cm³/mol. The molecule has 0 aliphatic carbocycles. The van der Waals surface area contributed by atoms with Crippen molar-refractivity contribution < 1.29 is 13.2 Å². The van der Waals surface area contributed by atoms with Crippen LogP contribution in [0.1, 0.15) is 13.3 Å². The first-order valence-corrected chi connectivity index (χ1v) is 10.3. The molecule has 1 amide bonds. The third-order valence-electron chi connectivity index (χ3n) is 4.40. The number of benzene rings is 2. The SMILES string of the molecule is CCC(=O)Nc1ccc(S(C)(=O)=O)cc1-c1cn(C)c(=O)c2ccccc12. The van der Waals surface area contributed by atoms with Gasteiger partial charge in [0.05, 0.1) is 4.90 Å². The zero-order valence-corrected chi connectivity index (χ0v) is 16.1. The molecule has 0 bridgehead atoms. The summed E-state index contributed by atoms with van der Waals surface area (Å²) >= 11 is 0. The van der Waals surface area contributed by atoms with E-state index < -0.39 is 9.84 Å². The number of hydrogen-bond donors (Lipinski definition) is 1. The molecule has 27 heavy (non-hydrogen) atoms. The Hall–Kier alpha value is -2.93. The molecule has 1 N–H and O–H groups in total. The van der Waals surface area contributed by atoms with Gasteiger partial charge in [-0.2, -0.15) is 0 Å². The molecule has 3 aromatic rings. The average Bonchev–Trinajstić information content (AvgIpc) is 2.64. The molecule has 140 valence electrons. The Morgan fingerprint density at radius 1 is 1.07 bits per heavy atom. The minimum absolute atomic E-state index is 0.143. The quantitative estimate of drug-likeness (QED) is 0.749. The molecule has 1 heterocycles. The molecule has 0 unspecified atom stereocenters. The second-order valence-corrected chi connectivity index (χ2v) is 8.40. The zero-order valence-electron chi connectivity index (χ0n) is 15.3. The van der Waals surface area contributed by atoms with Crippen LogP contribution >= 0.6 is 0 Å². The van der Waals surface area contributed by atoms with Crippen LogP contribution in [0.25, 0.3) is 21.9 Å². The number of nitrogens with one attached hydrogen (secondary N) is 1. The van der Waals surface area contributed by atoms with E-state index in [0.717, 1.165) is 6.26 Å². The van der Waals surface area contributed by atoms with Crippen LogP contribution in [0.2, 0.25) is 0 Å². The molecule has 2 aromatic carbocycles. The Morgan fingerprint density at radius 2 is 1.74 bits per heavy atom. The van der Waals surface area contributed by atoms with Gasteiger partial charge in [0.15, 0.2) is 9.84 Å². The fourth-order valence-corrected chi connectivity index (χ4v) is 3.60. The van der Waals surface area contributed by atoms with Crippen molar-refractivity contribution in [2.75, 3.05) is 11.6 Å². The molecule has 0 radical (unpaired) electrons. The van der Waals surface area contributed by atoms with Gasteiger partial charge in [-0.3, -0.25) is 9.59 Å². The number of anilines is 1. The molecule has 0 spiro atoms. The molecular formula is C20H20N2O4S. The lowest BCUT2D eigenvalue weighted by atomic mass is 9.99. The van der Waals surface area contributed by atoms with E-state index >= 15 is 0 Å². The van der Waals surface area contributed by atoms with Crippen LogP contribution in [-0.2, 0) is 21.7 Å². The molecule has 3 rings (SSSR count). The van der Waals surface area contributed by atoms with Crippen LogP contribution < -0.4 is 10.9 Å². The number of rotatable bonds is 4. The minimum Gasteiger partial charge on any atom is -0.326 e. The van der Waals surface area contributed by atoms with Gasteiger partial charge in [-0.05, 0) is 29.7 Å². The molecule has 0 saturated carbocycles. The normalized spacial score (nSPS) is 11.5. The highest BCUT2D eigenvalue weighted by Gasteiger charge is 2.17. The molecule has 0 saturated heterocycles. The first-order chi connectivity index (χ1) is 12.7. The molecule has 0 fully saturated rings. The van der Waals surface area contributed by atoms with Crippen LogP contribution in [0, 0.1) is 0 Å². The van der Waals surface area contributed by atoms with E-state index in [1.165, 1.54) is 16.7 Å².